The van der Waals surface area contributed by atoms with E-state index in [4.69, 9.17) is 5.73 Å². The van der Waals surface area contributed by atoms with Crippen LogP contribution in [0.1, 0.15) is 23.0 Å². The fourth-order valence-electron chi connectivity index (χ4n) is 2.09. The van der Waals surface area contributed by atoms with Crippen molar-refractivity contribution < 1.29 is 4.79 Å². The van der Waals surface area contributed by atoms with Gasteiger partial charge in [0.25, 0.3) is 5.91 Å². The number of thiophene rings is 1. The second-order valence-electron chi connectivity index (χ2n) is 5.03. The van der Waals surface area contributed by atoms with Crippen molar-refractivity contribution in [3.8, 4) is 0 Å². The van der Waals surface area contributed by atoms with Crippen LogP contribution in [0.3, 0.4) is 0 Å². The Balaban J connectivity index is 2.29. The molecule has 0 bridgehead atoms. The van der Waals surface area contributed by atoms with Crippen molar-refractivity contribution in [2.75, 3.05) is 24.8 Å². The quantitative estimate of drug-likeness (QED) is 0.824. The van der Waals surface area contributed by atoms with Crippen molar-refractivity contribution in [2.45, 2.75) is 19.4 Å². The summed E-state index contributed by atoms with van der Waals surface area (Å²) in [6.45, 7) is 2.08. The summed E-state index contributed by atoms with van der Waals surface area (Å²) in [5, 5.41) is 0.947. The summed E-state index contributed by atoms with van der Waals surface area (Å²) < 4.78 is 2.02. The summed E-state index contributed by atoms with van der Waals surface area (Å²) in [5.41, 5.74) is 6.77. The predicted molar refractivity (Wildman–Crippen MR) is 98.5 cm³/mol. The van der Waals surface area contributed by atoms with Crippen LogP contribution < -0.4 is 5.73 Å². The van der Waals surface area contributed by atoms with Gasteiger partial charge in [0.05, 0.1) is 5.69 Å². The van der Waals surface area contributed by atoms with Gasteiger partial charge in [-0.15, -0.1) is 11.3 Å². The highest BCUT2D eigenvalue weighted by Crippen LogP contribution is 2.36. The van der Waals surface area contributed by atoms with Gasteiger partial charge in [-0.1, -0.05) is 15.9 Å². The Morgan fingerprint density at radius 3 is 2.90 bits per heavy atom. The molecule has 0 saturated carbocycles. The molecule has 0 spiro atoms. The van der Waals surface area contributed by atoms with Crippen molar-refractivity contribution in [3.63, 3.8) is 0 Å². The highest BCUT2D eigenvalue weighted by atomic mass is 79.9. The van der Waals surface area contributed by atoms with Crippen LogP contribution in [0.2, 0.25) is 0 Å². The minimum absolute atomic E-state index is 0.0124. The molecule has 1 aromatic carbocycles. The van der Waals surface area contributed by atoms with E-state index in [1.807, 2.05) is 25.2 Å². The molecule has 2 aromatic rings. The van der Waals surface area contributed by atoms with Gasteiger partial charge in [0.1, 0.15) is 4.88 Å². The average molecular weight is 387 g/mol. The van der Waals surface area contributed by atoms with Crippen molar-refractivity contribution in [1.29, 1.82) is 0 Å². The molecular formula is C15H19BrN2OS2. The second-order valence-corrected chi connectivity index (χ2v) is 7.99. The zero-order valence-corrected chi connectivity index (χ0v) is 15.6. The number of fused-ring (bicyclic) bond motifs is 1. The number of rotatable bonds is 5. The Morgan fingerprint density at radius 1 is 1.52 bits per heavy atom. The third-order valence-electron chi connectivity index (χ3n) is 3.60. The van der Waals surface area contributed by atoms with Gasteiger partial charge in [0.15, 0.2) is 0 Å². The first kappa shape index (κ1) is 16.6. The summed E-state index contributed by atoms with van der Waals surface area (Å²) in [6.07, 6.45) is 3.07. The van der Waals surface area contributed by atoms with Gasteiger partial charge in [-0.05, 0) is 43.6 Å². The molecule has 0 aliphatic carbocycles. The van der Waals surface area contributed by atoms with Gasteiger partial charge in [-0.3, -0.25) is 4.79 Å². The van der Waals surface area contributed by atoms with Crippen LogP contribution in [0, 0.1) is 0 Å². The lowest BCUT2D eigenvalue weighted by Gasteiger charge is -2.24. The van der Waals surface area contributed by atoms with Gasteiger partial charge in [0, 0.05) is 27.6 Å². The number of benzene rings is 1. The summed E-state index contributed by atoms with van der Waals surface area (Å²) in [5.74, 6) is 1.06. The minimum atomic E-state index is 0.0124. The third kappa shape index (κ3) is 3.55. The molecular weight excluding hydrogens is 368 g/mol. The molecule has 0 aliphatic heterocycles. The van der Waals surface area contributed by atoms with E-state index in [0.29, 0.717) is 10.6 Å². The summed E-state index contributed by atoms with van der Waals surface area (Å²) in [6, 6.07) is 6.14. The van der Waals surface area contributed by atoms with E-state index in [1.54, 1.807) is 16.7 Å². The molecule has 3 nitrogen and oxygen atoms in total. The van der Waals surface area contributed by atoms with Crippen LogP contribution >= 0.6 is 39.0 Å². The topological polar surface area (TPSA) is 46.3 Å². The highest BCUT2D eigenvalue weighted by Gasteiger charge is 2.22. The third-order valence-corrected chi connectivity index (χ3v) is 5.92. The van der Waals surface area contributed by atoms with Crippen LogP contribution in [0.25, 0.3) is 10.1 Å². The van der Waals surface area contributed by atoms with Gasteiger partial charge >= 0.3 is 0 Å². The Kier molecular flexibility index (Phi) is 5.57. The first-order chi connectivity index (χ1) is 9.95. The first-order valence-corrected chi connectivity index (χ1v) is 9.69. The van der Waals surface area contributed by atoms with E-state index in [2.05, 4.69) is 29.1 Å². The average Bonchev–Trinajstić information content (AvgIpc) is 2.80. The van der Waals surface area contributed by atoms with Gasteiger partial charge < -0.3 is 10.6 Å². The molecule has 1 atom stereocenters. The zero-order valence-electron chi connectivity index (χ0n) is 12.4. The number of anilines is 1. The van der Waals surface area contributed by atoms with E-state index < -0.39 is 0 Å². The molecule has 0 aliphatic rings. The molecule has 21 heavy (non-hydrogen) atoms. The normalized spacial score (nSPS) is 12.6. The summed E-state index contributed by atoms with van der Waals surface area (Å²) >= 11 is 6.71. The molecule has 0 fully saturated rings. The lowest BCUT2D eigenvalue weighted by molar-refractivity contribution is 0.0747. The minimum Gasteiger partial charge on any atom is -0.397 e. The number of nitrogen functional groups attached to an aromatic ring is 1. The van der Waals surface area contributed by atoms with Gasteiger partial charge in [-0.25, -0.2) is 0 Å². The van der Waals surface area contributed by atoms with Crippen LogP contribution in [-0.2, 0) is 0 Å². The Bertz CT molecular complexity index is 656. The maximum absolute atomic E-state index is 12.7. The molecule has 1 heterocycles. The monoisotopic (exact) mass is 386 g/mol. The largest absolute Gasteiger partial charge is 0.397 e. The zero-order chi connectivity index (χ0) is 15.6. The fraction of sp³-hybridized carbons (Fsp3) is 0.400. The number of carbonyl (C=O) groups excluding carboxylic acids is 1. The van der Waals surface area contributed by atoms with Crippen molar-refractivity contribution >= 4 is 60.7 Å². The van der Waals surface area contributed by atoms with Crippen LogP contribution in [0.4, 0.5) is 5.69 Å². The molecule has 1 aromatic heterocycles. The summed E-state index contributed by atoms with van der Waals surface area (Å²) in [4.78, 5) is 15.1. The second kappa shape index (κ2) is 7.03. The number of nitrogens with zero attached hydrogens (tertiary/aromatic N) is 1. The van der Waals surface area contributed by atoms with Gasteiger partial charge in [0.2, 0.25) is 0 Å². The number of hydrogen-bond donors (Lipinski definition) is 1. The molecule has 6 heteroatoms. The molecule has 0 radical (unpaired) electrons. The van der Waals surface area contributed by atoms with Crippen molar-refractivity contribution in [3.05, 3.63) is 27.5 Å². The predicted octanol–water partition coefficient (Wildman–Crippen LogP) is 4.46. The number of amides is 1. The molecule has 1 unspecified atom stereocenters. The Hall–Kier alpha value is -0.720. The fourth-order valence-corrected chi connectivity index (χ4v) is 4.11. The molecule has 2 N–H and O–H groups in total. The highest BCUT2D eigenvalue weighted by molar-refractivity contribution is 9.10. The standard InChI is InChI=1S/C15H19BrN2OS2/c1-9(6-7-20-3)18(2)15(19)14-13(17)11-8-10(16)4-5-12(11)21-14/h4-5,8-9H,6-7,17H2,1-3H3. The molecule has 0 saturated heterocycles. The number of hydrogen-bond acceptors (Lipinski definition) is 4. The number of halogens is 1. The lowest BCUT2D eigenvalue weighted by Crippen LogP contribution is -2.35. The van der Waals surface area contributed by atoms with Crippen LogP contribution in [0.5, 0.6) is 0 Å². The lowest BCUT2D eigenvalue weighted by atomic mass is 10.2. The van der Waals surface area contributed by atoms with Crippen LogP contribution in [0.15, 0.2) is 22.7 Å². The van der Waals surface area contributed by atoms with E-state index in [0.717, 1.165) is 26.7 Å². The van der Waals surface area contributed by atoms with E-state index in [1.165, 1.54) is 11.3 Å². The Labute approximate surface area is 142 Å². The number of thioether (sulfide) groups is 1. The van der Waals surface area contributed by atoms with E-state index in [9.17, 15) is 4.79 Å². The first-order valence-electron chi connectivity index (χ1n) is 6.69. The SMILES string of the molecule is CSCCC(C)N(C)C(=O)c1sc2ccc(Br)cc2c1N. The molecule has 2 rings (SSSR count). The molecule has 1 amide bonds. The van der Waals surface area contributed by atoms with Crippen LogP contribution in [-0.4, -0.2) is 35.9 Å². The number of nitrogens with two attached hydrogens (primary N) is 1. The Morgan fingerprint density at radius 2 is 2.24 bits per heavy atom. The molecule has 114 valence electrons. The smallest absolute Gasteiger partial charge is 0.266 e. The van der Waals surface area contributed by atoms with E-state index >= 15 is 0 Å². The maximum atomic E-state index is 12.7. The maximum Gasteiger partial charge on any atom is 0.266 e. The summed E-state index contributed by atoms with van der Waals surface area (Å²) in [7, 11) is 1.85. The number of carbonyl (C=O) groups is 1. The van der Waals surface area contributed by atoms with Gasteiger partial charge in [-0.2, -0.15) is 11.8 Å². The van der Waals surface area contributed by atoms with E-state index in [-0.39, 0.29) is 11.9 Å². The van der Waals surface area contributed by atoms with Crippen molar-refractivity contribution in [2.24, 2.45) is 0 Å². The van der Waals surface area contributed by atoms with Crippen molar-refractivity contribution in [1.82, 2.24) is 4.90 Å².